The number of aromatic nitrogens is 3. The van der Waals surface area contributed by atoms with Gasteiger partial charge in [-0.2, -0.15) is 4.98 Å². The molecule has 0 saturated heterocycles. The first kappa shape index (κ1) is 26.5. The molecule has 0 saturated carbocycles. The van der Waals surface area contributed by atoms with Gasteiger partial charge in [-0.05, 0) is 76.9 Å². The van der Waals surface area contributed by atoms with E-state index in [1.54, 1.807) is 12.4 Å². The molecular weight excluding hydrogens is 462 g/mol. The van der Waals surface area contributed by atoms with Gasteiger partial charge in [0.25, 0.3) is 5.91 Å². The van der Waals surface area contributed by atoms with Crippen molar-refractivity contribution in [1.29, 1.82) is 0 Å². The molecule has 37 heavy (non-hydrogen) atoms. The third-order valence-electron chi connectivity index (χ3n) is 6.49. The molecule has 0 aliphatic carbocycles. The second-order valence-corrected chi connectivity index (χ2v) is 12.1. The Hall–Kier alpha value is -3.52. The SMILES string of the molecule is CC(C)NC(=O)c1cnc(Nc2ccc3c(c2)C(C)(C)NC3(C)C)nc1Nc1ccnc(C(C)(C)C)c1. The summed E-state index contributed by atoms with van der Waals surface area (Å²) in [5.74, 6) is 0.587. The highest BCUT2D eigenvalue weighted by Gasteiger charge is 2.41. The van der Waals surface area contributed by atoms with Crippen molar-refractivity contribution in [2.45, 2.75) is 84.8 Å². The molecule has 1 aliphatic rings. The monoisotopic (exact) mass is 501 g/mol. The number of nitrogens with zero attached hydrogens (tertiary/aromatic N) is 3. The van der Waals surface area contributed by atoms with Gasteiger partial charge in [-0.1, -0.05) is 26.8 Å². The molecule has 0 radical (unpaired) electrons. The van der Waals surface area contributed by atoms with E-state index >= 15 is 0 Å². The largest absolute Gasteiger partial charge is 0.350 e. The molecule has 3 heterocycles. The molecular formula is C29H39N7O. The highest BCUT2D eigenvalue weighted by molar-refractivity contribution is 5.99. The lowest BCUT2D eigenvalue weighted by Crippen LogP contribution is -2.39. The van der Waals surface area contributed by atoms with Crippen molar-refractivity contribution in [2.75, 3.05) is 10.6 Å². The molecule has 2 aromatic heterocycles. The Bertz CT molecular complexity index is 1320. The van der Waals surface area contributed by atoms with Gasteiger partial charge in [-0.25, -0.2) is 4.98 Å². The van der Waals surface area contributed by atoms with Crippen LogP contribution >= 0.6 is 0 Å². The molecule has 196 valence electrons. The predicted molar refractivity (Wildman–Crippen MR) is 150 cm³/mol. The van der Waals surface area contributed by atoms with E-state index in [2.05, 4.69) is 91.8 Å². The normalized spacial score (nSPS) is 15.8. The number of amides is 1. The summed E-state index contributed by atoms with van der Waals surface area (Å²) >= 11 is 0. The van der Waals surface area contributed by atoms with Gasteiger partial charge in [0.15, 0.2) is 0 Å². The average molecular weight is 502 g/mol. The van der Waals surface area contributed by atoms with Crippen LogP contribution in [-0.4, -0.2) is 26.9 Å². The number of anilines is 4. The van der Waals surface area contributed by atoms with Crippen LogP contribution < -0.4 is 21.3 Å². The average Bonchev–Trinajstić information content (AvgIpc) is 2.96. The number of carbonyl (C=O) groups excluding carboxylic acids is 1. The number of rotatable bonds is 6. The third-order valence-corrected chi connectivity index (χ3v) is 6.49. The first-order valence-electron chi connectivity index (χ1n) is 12.8. The Morgan fingerprint density at radius 2 is 1.59 bits per heavy atom. The van der Waals surface area contributed by atoms with Gasteiger partial charge < -0.3 is 16.0 Å². The Morgan fingerprint density at radius 3 is 2.27 bits per heavy atom. The summed E-state index contributed by atoms with van der Waals surface area (Å²) in [6.07, 6.45) is 3.32. The van der Waals surface area contributed by atoms with Crippen molar-refractivity contribution in [1.82, 2.24) is 25.6 Å². The van der Waals surface area contributed by atoms with Gasteiger partial charge in [0.2, 0.25) is 5.95 Å². The number of hydrogen-bond donors (Lipinski definition) is 4. The first-order valence-corrected chi connectivity index (χ1v) is 12.8. The Kier molecular flexibility index (Phi) is 6.75. The fraction of sp³-hybridized carbons (Fsp3) is 0.448. The zero-order valence-electron chi connectivity index (χ0n) is 23.4. The van der Waals surface area contributed by atoms with Crippen molar-refractivity contribution >= 4 is 29.0 Å². The van der Waals surface area contributed by atoms with E-state index in [4.69, 9.17) is 4.98 Å². The van der Waals surface area contributed by atoms with Gasteiger partial charge in [0.1, 0.15) is 11.4 Å². The van der Waals surface area contributed by atoms with Crippen LogP contribution in [0.15, 0.2) is 42.7 Å². The second-order valence-electron chi connectivity index (χ2n) is 12.1. The van der Waals surface area contributed by atoms with Crippen LogP contribution in [-0.2, 0) is 16.5 Å². The van der Waals surface area contributed by atoms with Crippen LogP contribution in [0.2, 0.25) is 0 Å². The van der Waals surface area contributed by atoms with E-state index in [0.29, 0.717) is 17.3 Å². The molecule has 8 heteroatoms. The fourth-order valence-corrected chi connectivity index (χ4v) is 4.83. The van der Waals surface area contributed by atoms with E-state index in [9.17, 15) is 4.79 Å². The summed E-state index contributed by atoms with van der Waals surface area (Å²) in [6, 6.07) is 10.2. The van der Waals surface area contributed by atoms with E-state index in [1.165, 1.54) is 11.1 Å². The van der Waals surface area contributed by atoms with Gasteiger partial charge in [-0.15, -0.1) is 0 Å². The Morgan fingerprint density at radius 1 is 0.919 bits per heavy atom. The quantitative estimate of drug-likeness (QED) is 0.335. The number of carbonyl (C=O) groups is 1. The summed E-state index contributed by atoms with van der Waals surface area (Å²) in [5.41, 5.74) is 5.14. The molecule has 0 spiro atoms. The molecule has 0 bridgehead atoms. The van der Waals surface area contributed by atoms with Crippen molar-refractivity contribution < 1.29 is 4.79 Å². The minimum atomic E-state index is -0.235. The van der Waals surface area contributed by atoms with Crippen LogP contribution in [0, 0.1) is 0 Å². The van der Waals surface area contributed by atoms with E-state index in [0.717, 1.165) is 17.1 Å². The summed E-state index contributed by atoms with van der Waals surface area (Å²) in [6.45, 7) is 18.9. The van der Waals surface area contributed by atoms with Gasteiger partial charge >= 0.3 is 0 Å². The molecule has 1 aromatic carbocycles. The molecule has 1 amide bonds. The standard InChI is InChI=1S/C29H39N7O/c1-17(2)32-25(37)20-16-31-26(35-24(20)33-19-12-13-30-23(15-19)27(3,4)5)34-18-10-11-21-22(14-18)29(8,9)36-28(21,6)7/h10-17,36H,1-9H3,(H,32,37)(H2,30,31,33,34,35). The highest BCUT2D eigenvalue weighted by Crippen LogP contribution is 2.42. The van der Waals surface area contributed by atoms with Crippen LogP contribution in [0.1, 0.15) is 89.5 Å². The predicted octanol–water partition coefficient (Wildman–Crippen LogP) is 5.87. The molecule has 4 rings (SSSR count). The lowest BCUT2D eigenvalue weighted by atomic mass is 9.90. The minimum absolute atomic E-state index is 0.0146. The summed E-state index contributed by atoms with van der Waals surface area (Å²) in [7, 11) is 0. The molecule has 3 aromatic rings. The smallest absolute Gasteiger partial charge is 0.256 e. The number of pyridine rings is 1. The number of benzene rings is 1. The molecule has 0 atom stereocenters. The Labute approximate surface area is 220 Å². The third kappa shape index (κ3) is 5.74. The van der Waals surface area contributed by atoms with Crippen LogP contribution in [0.4, 0.5) is 23.1 Å². The summed E-state index contributed by atoms with van der Waals surface area (Å²) < 4.78 is 0. The van der Waals surface area contributed by atoms with Crippen molar-refractivity contribution in [2.24, 2.45) is 0 Å². The van der Waals surface area contributed by atoms with Gasteiger partial charge in [-0.3, -0.25) is 15.1 Å². The zero-order valence-corrected chi connectivity index (χ0v) is 23.4. The lowest BCUT2D eigenvalue weighted by molar-refractivity contribution is 0.0943. The molecule has 0 unspecified atom stereocenters. The van der Waals surface area contributed by atoms with Crippen molar-refractivity contribution in [3.8, 4) is 0 Å². The van der Waals surface area contributed by atoms with Gasteiger partial charge in [0.05, 0.1) is 0 Å². The maximum Gasteiger partial charge on any atom is 0.256 e. The topological polar surface area (TPSA) is 104 Å². The van der Waals surface area contributed by atoms with Crippen molar-refractivity contribution in [3.05, 3.63) is 65.1 Å². The van der Waals surface area contributed by atoms with Crippen molar-refractivity contribution in [3.63, 3.8) is 0 Å². The fourth-order valence-electron chi connectivity index (χ4n) is 4.83. The molecule has 1 aliphatic heterocycles. The van der Waals surface area contributed by atoms with Crippen LogP contribution in [0.5, 0.6) is 0 Å². The van der Waals surface area contributed by atoms with Crippen LogP contribution in [0.25, 0.3) is 0 Å². The first-order chi connectivity index (χ1) is 17.2. The second kappa shape index (κ2) is 9.41. The minimum Gasteiger partial charge on any atom is -0.350 e. The van der Waals surface area contributed by atoms with Crippen LogP contribution in [0.3, 0.4) is 0 Å². The zero-order chi connectivity index (χ0) is 27.2. The molecule has 0 fully saturated rings. The molecule has 8 nitrogen and oxygen atoms in total. The summed E-state index contributed by atoms with van der Waals surface area (Å²) in [5, 5.41) is 13.3. The maximum absolute atomic E-state index is 13.0. The number of nitrogens with one attached hydrogen (secondary N) is 4. The van der Waals surface area contributed by atoms with Gasteiger partial charge in [0, 0.05) is 52.0 Å². The van der Waals surface area contributed by atoms with E-state index in [-0.39, 0.29) is 28.4 Å². The molecule has 4 N–H and O–H groups in total. The maximum atomic E-state index is 13.0. The number of fused-ring (bicyclic) bond motifs is 1. The lowest BCUT2D eigenvalue weighted by Gasteiger charge is -2.25. The number of hydrogen-bond acceptors (Lipinski definition) is 7. The summed E-state index contributed by atoms with van der Waals surface area (Å²) in [4.78, 5) is 26.6. The highest BCUT2D eigenvalue weighted by atomic mass is 16.1. The Balaban J connectivity index is 1.69. The van der Waals surface area contributed by atoms with E-state index in [1.807, 2.05) is 32.0 Å². The van der Waals surface area contributed by atoms with E-state index < -0.39 is 0 Å².